The molecule has 2 N–H and O–H groups in total. The third kappa shape index (κ3) is 4.10. The van der Waals surface area contributed by atoms with E-state index < -0.39 is 27.7 Å². The maximum absolute atomic E-state index is 14.3. The summed E-state index contributed by atoms with van der Waals surface area (Å²) in [6.45, 7) is 0.0237. The van der Waals surface area contributed by atoms with Crippen LogP contribution in [0.4, 0.5) is 15.8 Å². The summed E-state index contributed by atoms with van der Waals surface area (Å²) in [4.78, 5) is 28.1. The molecule has 0 aliphatic carbocycles. The summed E-state index contributed by atoms with van der Waals surface area (Å²) in [5.41, 5.74) is 0.528. The maximum Gasteiger partial charge on any atom is 0.308 e. The molecule has 12 heteroatoms. The molecule has 1 aliphatic heterocycles. The van der Waals surface area contributed by atoms with Crippen molar-refractivity contribution in [3.63, 3.8) is 0 Å². The Morgan fingerprint density at radius 3 is 2.52 bits per heavy atom. The minimum absolute atomic E-state index is 0.0180. The van der Waals surface area contributed by atoms with Gasteiger partial charge in [0.15, 0.2) is 5.82 Å². The number of sulfonamides is 1. The molecule has 2 heterocycles. The molecule has 1 amide bonds. The standard InChI is InChI=1S/C19H16FN5O5S/c20-16-8-13(1-6-17(16)25-11-21-10-22-25)23-31(29,30)15-4-2-14(3-5-15)24-9-12(19(27)28)7-18(24)26/h1-6,8,10-12,23H,7,9H2,(H,27,28). The Hall–Kier alpha value is -3.80. The highest BCUT2D eigenvalue weighted by Crippen LogP contribution is 2.27. The number of aliphatic carboxylic acids is 1. The molecule has 10 nitrogen and oxygen atoms in total. The minimum Gasteiger partial charge on any atom is -0.481 e. The van der Waals surface area contributed by atoms with Gasteiger partial charge >= 0.3 is 5.97 Å². The van der Waals surface area contributed by atoms with Crippen LogP contribution in [0.1, 0.15) is 6.42 Å². The van der Waals surface area contributed by atoms with Gasteiger partial charge in [0.05, 0.1) is 16.5 Å². The van der Waals surface area contributed by atoms with Crippen LogP contribution in [-0.2, 0) is 19.6 Å². The number of carbonyl (C=O) groups is 2. The number of rotatable bonds is 6. The van der Waals surface area contributed by atoms with E-state index in [0.29, 0.717) is 5.69 Å². The quantitative estimate of drug-likeness (QED) is 0.589. The van der Waals surface area contributed by atoms with Gasteiger partial charge in [-0.25, -0.2) is 22.5 Å². The fourth-order valence-corrected chi connectivity index (χ4v) is 4.28. The van der Waals surface area contributed by atoms with E-state index in [1.54, 1.807) is 0 Å². The van der Waals surface area contributed by atoms with Crippen molar-refractivity contribution in [2.24, 2.45) is 5.92 Å². The Labute approximate surface area is 176 Å². The molecule has 4 rings (SSSR count). The molecule has 31 heavy (non-hydrogen) atoms. The predicted octanol–water partition coefficient (Wildman–Crippen LogP) is 1.64. The van der Waals surface area contributed by atoms with Crippen LogP contribution in [0.3, 0.4) is 0 Å². The largest absolute Gasteiger partial charge is 0.481 e. The van der Waals surface area contributed by atoms with Crippen LogP contribution >= 0.6 is 0 Å². The predicted molar refractivity (Wildman–Crippen MR) is 107 cm³/mol. The number of nitrogens with one attached hydrogen (secondary N) is 1. The van der Waals surface area contributed by atoms with Crippen molar-refractivity contribution in [2.75, 3.05) is 16.2 Å². The van der Waals surface area contributed by atoms with Crippen molar-refractivity contribution < 1.29 is 27.5 Å². The van der Waals surface area contributed by atoms with Gasteiger partial charge in [-0.15, -0.1) is 0 Å². The van der Waals surface area contributed by atoms with Gasteiger partial charge in [0.2, 0.25) is 5.91 Å². The highest BCUT2D eigenvalue weighted by Gasteiger charge is 2.35. The van der Waals surface area contributed by atoms with Crippen LogP contribution in [-0.4, -0.2) is 46.7 Å². The minimum atomic E-state index is -4.02. The maximum atomic E-state index is 14.3. The average Bonchev–Trinajstić information content (AvgIpc) is 3.38. The molecular formula is C19H16FN5O5S. The summed E-state index contributed by atoms with van der Waals surface area (Å²) in [6.07, 6.45) is 2.46. The molecule has 1 aromatic heterocycles. The molecule has 1 aliphatic rings. The third-order valence-electron chi connectivity index (χ3n) is 4.80. The SMILES string of the molecule is O=C(O)C1CC(=O)N(c2ccc(S(=O)(=O)Nc3ccc(-n4cncn4)c(F)c3)cc2)C1. The van der Waals surface area contributed by atoms with E-state index in [1.807, 2.05) is 0 Å². The van der Waals surface area contributed by atoms with Crippen molar-refractivity contribution >= 4 is 33.3 Å². The number of carboxylic acid groups (broad SMARTS) is 1. The van der Waals surface area contributed by atoms with Crippen LogP contribution in [0.5, 0.6) is 0 Å². The number of carboxylic acids is 1. The van der Waals surface area contributed by atoms with Crippen molar-refractivity contribution in [2.45, 2.75) is 11.3 Å². The first-order valence-electron chi connectivity index (χ1n) is 9.05. The first-order valence-corrected chi connectivity index (χ1v) is 10.5. The van der Waals surface area contributed by atoms with Crippen LogP contribution in [0.15, 0.2) is 60.0 Å². The number of halogens is 1. The normalized spacial score (nSPS) is 16.5. The van der Waals surface area contributed by atoms with E-state index in [9.17, 15) is 22.4 Å². The molecular weight excluding hydrogens is 429 g/mol. The van der Waals surface area contributed by atoms with Crippen molar-refractivity contribution in [1.82, 2.24) is 14.8 Å². The topological polar surface area (TPSA) is 134 Å². The van der Waals surface area contributed by atoms with Crippen LogP contribution in [0.2, 0.25) is 0 Å². The number of aromatic nitrogens is 3. The zero-order valence-electron chi connectivity index (χ0n) is 15.8. The van der Waals surface area contributed by atoms with Crippen molar-refractivity contribution in [3.05, 3.63) is 60.9 Å². The summed E-state index contributed by atoms with van der Waals surface area (Å²) < 4.78 is 43.1. The zero-order chi connectivity index (χ0) is 22.2. The van der Waals surface area contributed by atoms with Crippen LogP contribution in [0, 0.1) is 11.7 Å². The van der Waals surface area contributed by atoms with E-state index in [1.165, 1.54) is 58.6 Å². The number of nitrogens with zero attached hydrogens (tertiary/aromatic N) is 4. The van der Waals surface area contributed by atoms with Gasteiger partial charge in [-0.2, -0.15) is 5.10 Å². The molecule has 1 fully saturated rings. The second-order valence-corrected chi connectivity index (χ2v) is 8.53. The fraction of sp³-hybridized carbons (Fsp3) is 0.158. The van der Waals surface area contributed by atoms with Gasteiger partial charge in [0, 0.05) is 24.7 Å². The van der Waals surface area contributed by atoms with E-state index in [-0.39, 0.29) is 35.1 Å². The second kappa shape index (κ2) is 7.80. The van der Waals surface area contributed by atoms with Gasteiger partial charge in [0.1, 0.15) is 18.3 Å². The Kier molecular flexibility index (Phi) is 5.15. The molecule has 0 radical (unpaired) electrons. The van der Waals surface area contributed by atoms with E-state index in [4.69, 9.17) is 5.11 Å². The average molecular weight is 445 g/mol. The van der Waals surface area contributed by atoms with E-state index in [2.05, 4.69) is 14.8 Å². The second-order valence-electron chi connectivity index (χ2n) is 6.85. The van der Waals surface area contributed by atoms with Gasteiger partial charge in [-0.3, -0.25) is 14.3 Å². The van der Waals surface area contributed by atoms with Gasteiger partial charge in [-0.1, -0.05) is 0 Å². The smallest absolute Gasteiger partial charge is 0.308 e. The van der Waals surface area contributed by atoms with Crippen molar-refractivity contribution in [3.8, 4) is 5.69 Å². The molecule has 0 saturated carbocycles. The lowest BCUT2D eigenvalue weighted by molar-refractivity contribution is -0.141. The summed E-state index contributed by atoms with van der Waals surface area (Å²) in [5.74, 6) is -2.89. The molecule has 0 bridgehead atoms. The lowest BCUT2D eigenvalue weighted by Crippen LogP contribution is -2.25. The summed E-state index contributed by atoms with van der Waals surface area (Å²) >= 11 is 0. The van der Waals surface area contributed by atoms with Crippen LogP contribution in [0.25, 0.3) is 5.69 Å². The van der Waals surface area contributed by atoms with E-state index >= 15 is 0 Å². The van der Waals surface area contributed by atoms with Gasteiger partial charge in [-0.05, 0) is 36.4 Å². The number of hydrogen-bond acceptors (Lipinski definition) is 6. The lowest BCUT2D eigenvalue weighted by atomic mass is 10.1. The zero-order valence-corrected chi connectivity index (χ0v) is 16.7. The number of carbonyl (C=O) groups excluding carboxylic acids is 1. The molecule has 160 valence electrons. The van der Waals surface area contributed by atoms with E-state index in [0.717, 1.165) is 6.07 Å². The Balaban J connectivity index is 1.51. The fourth-order valence-electron chi connectivity index (χ4n) is 3.23. The number of benzene rings is 2. The Bertz CT molecular complexity index is 1250. The first-order chi connectivity index (χ1) is 14.7. The Morgan fingerprint density at radius 1 is 1.19 bits per heavy atom. The highest BCUT2D eigenvalue weighted by molar-refractivity contribution is 7.92. The molecule has 1 atom stereocenters. The van der Waals surface area contributed by atoms with Gasteiger partial charge in [0.25, 0.3) is 10.0 Å². The summed E-state index contributed by atoms with van der Waals surface area (Å²) in [5, 5.41) is 12.9. The van der Waals surface area contributed by atoms with Crippen LogP contribution < -0.4 is 9.62 Å². The number of amides is 1. The third-order valence-corrected chi connectivity index (χ3v) is 6.20. The molecule has 2 aromatic carbocycles. The summed E-state index contributed by atoms with van der Waals surface area (Å²) in [7, 11) is -4.02. The molecule has 0 spiro atoms. The molecule has 3 aromatic rings. The molecule has 1 saturated heterocycles. The number of anilines is 2. The lowest BCUT2D eigenvalue weighted by Gasteiger charge is -2.17. The number of hydrogen-bond donors (Lipinski definition) is 2. The first kappa shape index (κ1) is 20.5. The Morgan fingerprint density at radius 2 is 1.94 bits per heavy atom. The highest BCUT2D eigenvalue weighted by atomic mass is 32.2. The monoisotopic (exact) mass is 445 g/mol. The molecule has 1 unspecified atom stereocenters. The van der Waals surface area contributed by atoms with Crippen molar-refractivity contribution in [1.29, 1.82) is 0 Å². The van der Waals surface area contributed by atoms with Gasteiger partial charge < -0.3 is 10.0 Å². The summed E-state index contributed by atoms with van der Waals surface area (Å²) in [6, 6.07) is 9.20.